The van der Waals surface area contributed by atoms with Gasteiger partial charge in [0.25, 0.3) is 6.43 Å². The number of carbonyl (C=O) groups excluding carboxylic acids is 1. The van der Waals surface area contributed by atoms with Crippen LogP contribution >= 0.6 is 0 Å². The van der Waals surface area contributed by atoms with Gasteiger partial charge in [0.1, 0.15) is 5.78 Å². The summed E-state index contributed by atoms with van der Waals surface area (Å²) in [5.41, 5.74) is 0. The number of halogens is 2. The summed E-state index contributed by atoms with van der Waals surface area (Å²) in [6.45, 7) is 2.88. The molecule has 0 unspecified atom stereocenters. The third-order valence-electron chi connectivity index (χ3n) is 1.84. The van der Waals surface area contributed by atoms with Crippen LogP contribution in [-0.2, 0) is 4.79 Å². The average molecular weight is 209 g/mol. The minimum absolute atomic E-state index is 0.0113. The first-order valence-corrected chi connectivity index (χ1v) is 4.61. The topological polar surface area (TPSA) is 40.5 Å². The minimum Gasteiger partial charge on any atom is -0.395 e. The molecular weight excluding hydrogens is 192 g/mol. The summed E-state index contributed by atoms with van der Waals surface area (Å²) in [7, 11) is 0. The van der Waals surface area contributed by atoms with Crippen LogP contribution in [0, 0.1) is 5.92 Å². The maximum atomic E-state index is 12.0. The monoisotopic (exact) mass is 209 g/mol. The van der Waals surface area contributed by atoms with E-state index >= 15 is 0 Å². The summed E-state index contributed by atoms with van der Waals surface area (Å²) < 4.78 is 24.1. The Morgan fingerprint density at radius 1 is 1.43 bits per heavy atom. The lowest BCUT2D eigenvalue weighted by Crippen LogP contribution is -2.37. The van der Waals surface area contributed by atoms with Gasteiger partial charge in [-0.15, -0.1) is 0 Å². The first kappa shape index (κ1) is 13.4. The van der Waals surface area contributed by atoms with Crippen molar-refractivity contribution in [2.24, 2.45) is 5.92 Å². The van der Waals surface area contributed by atoms with Gasteiger partial charge in [0, 0.05) is 12.5 Å². The van der Waals surface area contributed by atoms with Crippen LogP contribution in [0.25, 0.3) is 0 Å². The van der Waals surface area contributed by atoms with E-state index in [-0.39, 0.29) is 31.4 Å². The second kappa shape index (κ2) is 6.84. The van der Waals surface area contributed by atoms with Crippen molar-refractivity contribution in [2.75, 3.05) is 26.2 Å². The molecule has 0 aliphatic heterocycles. The normalized spacial score (nSPS) is 11.7. The molecule has 84 valence electrons. The fourth-order valence-electron chi connectivity index (χ4n) is 0.974. The summed E-state index contributed by atoms with van der Waals surface area (Å²) in [5.74, 6) is -0.243. The molecule has 0 aromatic heterocycles. The fourth-order valence-corrected chi connectivity index (χ4v) is 0.974. The van der Waals surface area contributed by atoms with Gasteiger partial charge >= 0.3 is 0 Å². The predicted octanol–water partition coefficient (Wildman–Crippen LogP) is 0.771. The van der Waals surface area contributed by atoms with Gasteiger partial charge in [-0.3, -0.25) is 9.69 Å². The number of hydrogen-bond donors (Lipinski definition) is 1. The van der Waals surface area contributed by atoms with Crippen LogP contribution in [0.4, 0.5) is 8.78 Å². The molecule has 0 saturated carbocycles. The average Bonchev–Trinajstić information content (AvgIpc) is 2.02. The van der Waals surface area contributed by atoms with E-state index in [4.69, 9.17) is 5.11 Å². The lowest BCUT2D eigenvalue weighted by molar-refractivity contribution is -0.123. The van der Waals surface area contributed by atoms with Gasteiger partial charge in [0.15, 0.2) is 0 Å². The summed E-state index contributed by atoms with van der Waals surface area (Å²) in [6, 6.07) is 0. The van der Waals surface area contributed by atoms with E-state index in [1.54, 1.807) is 13.8 Å². The van der Waals surface area contributed by atoms with Crippen molar-refractivity contribution in [3.63, 3.8) is 0 Å². The van der Waals surface area contributed by atoms with Crippen LogP contribution in [0.15, 0.2) is 0 Å². The van der Waals surface area contributed by atoms with Crippen molar-refractivity contribution in [1.29, 1.82) is 0 Å². The molecular formula is C9H17F2NO2. The predicted molar refractivity (Wildman–Crippen MR) is 49.4 cm³/mol. The highest BCUT2D eigenvalue weighted by Gasteiger charge is 2.16. The highest BCUT2D eigenvalue weighted by atomic mass is 19.3. The molecule has 0 amide bonds. The summed E-state index contributed by atoms with van der Waals surface area (Å²) in [4.78, 5) is 12.5. The third kappa shape index (κ3) is 5.99. The lowest BCUT2D eigenvalue weighted by atomic mass is 10.1. The van der Waals surface area contributed by atoms with Crippen LogP contribution in [0.2, 0.25) is 0 Å². The molecule has 0 bridgehead atoms. The number of hydrogen-bond acceptors (Lipinski definition) is 3. The van der Waals surface area contributed by atoms with E-state index in [9.17, 15) is 13.6 Å². The highest BCUT2D eigenvalue weighted by Crippen LogP contribution is 2.01. The van der Waals surface area contributed by atoms with Crippen molar-refractivity contribution in [3.05, 3.63) is 0 Å². The second-order valence-electron chi connectivity index (χ2n) is 3.47. The second-order valence-corrected chi connectivity index (χ2v) is 3.47. The van der Waals surface area contributed by atoms with Gasteiger partial charge in [0.05, 0.1) is 19.7 Å². The van der Waals surface area contributed by atoms with Crippen molar-refractivity contribution in [3.8, 4) is 0 Å². The van der Waals surface area contributed by atoms with Crippen LogP contribution in [0.3, 0.4) is 0 Å². The van der Waals surface area contributed by atoms with Gasteiger partial charge < -0.3 is 5.11 Å². The Labute approximate surface area is 82.7 Å². The van der Waals surface area contributed by atoms with Crippen LogP contribution in [0.5, 0.6) is 0 Å². The number of alkyl halides is 2. The van der Waals surface area contributed by atoms with Crippen LogP contribution in [-0.4, -0.2) is 48.5 Å². The molecule has 0 aliphatic rings. The van der Waals surface area contributed by atoms with E-state index in [1.165, 1.54) is 4.90 Å². The fraction of sp³-hybridized carbons (Fsp3) is 0.889. The molecule has 0 radical (unpaired) electrons. The van der Waals surface area contributed by atoms with E-state index in [2.05, 4.69) is 0 Å². The van der Waals surface area contributed by atoms with Crippen molar-refractivity contribution in [2.45, 2.75) is 20.3 Å². The molecule has 0 aromatic carbocycles. The Kier molecular flexibility index (Phi) is 6.57. The molecule has 0 saturated heterocycles. The quantitative estimate of drug-likeness (QED) is 0.673. The number of aliphatic hydroxyl groups is 1. The van der Waals surface area contributed by atoms with Gasteiger partial charge in [-0.05, 0) is 0 Å². The SMILES string of the molecule is CC(C)C(=O)CN(CCO)CC(F)F. The zero-order valence-corrected chi connectivity index (χ0v) is 8.54. The molecule has 0 aliphatic carbocycles. The van der Waals surface area contributed by atoms with Gasteiger partial charge in [0.2, 0.25) is 0 Å². The van der Waals surface area contributed by atoms with E-state index in [1.807, 2.05) is 0 Å². The minimum atomic E-state index is -2.47. The zero-order valence-electron chi connectivity index (χ0n) is 8.54. The Morgan fingerprint density at radius 3 is 2.36 bits per heavy atom. The van der Waals surface area contributed by atoms with Crippen LogP contribution in [0.1, 0.15) is 13.8 Å². The molecule has 0 rings (SSSR count). The Morgan fingerprint density at radius 2 is 2.00 bits per heavy atom. The largest absolute Gasteiger partial charge is 0.395 e. The van der Waals surface area contributed by atoms with E-state index in [0.29, 0.717) is 0 Å². The van der Waals surface area contributed by atoms with E-state index < -0.39 is 13.0 Å². The van der Waals surface area contributed by atoms with Gasteiger partial charge in [-0.25, -0.2) is 8.78 Å². The Bertz CT molecular complexity index is 174. The lowest BCUT2D eigenvalue weighted by Gasteiger charge is -2.20. The van der Waals surface area contributed by atoms with Crippen LogP contribution < -0.4 is 0 Å². The number of carbonyl (C=O) groups is 1. The zero-order chi connectivity index (χ0) is 11.1. The van der Waals surface area contributed by atoms with E-state index in [0.717, 1.165) is 0 Å². The van der Waals surface area contributed by atoms with Crippen molar-refractivity contribution >= 4 is 5.78 Å². The maximum Gasteiger partial charge on any atom is 0.251 e. The molecule has 0 heterocycles. The molecule has 0 fully saturated rings. The van der Waals surface area contributed by atoms with Gasteiger partial charge in [-0.1, -0.05) is 13.8 Å². The Balaban J connectivity index is 4.01. The molecule has 0 aromatic rings. The number of aliphatic hydroxyl groups excluding tert-OH is 1. The molecule has 0 spiro atoms. The van der Waals surface area contributed by atoms with Gasteiger partial charge in [-0.2, -0.15) is 0 Å². The maximum absolute atomic E-state index is 12.0. The standard InChI is InChI=1S/C9H17F2NO2/c1-7(2)8(14)5-12(3-4-13)6-9(10)11/h7,9,13H,3-6H2,1-2H3. The first-order valence-electron chi connectivity index (χ1n) is 4.61. The third-order valence-corrected chi connectivity index (χ3v) is 1.84. The molecule has 3 nitrogen and oxygen atoms in total. The smallest absolute Gasteiger partial charge is 0.251 e. The molecule has 14 heavy (non-hydrogen) atoms. The summed E-state index contributed by atoms with van der Waals surface area (Å²) in [6.07, 6.45) is -2.47. The number of Topliss-reactive ketones (excluding diaryl/α,β-unsaturated/α-hetero) is 1. The molecule has 1 N–H and O–H groups in total. The van der Waals surface area contributed by atoms with Crippen molar-refractivity contribution < 1.29 is 18.7 Å². The van der Waals surface area contributed by atoms with Crippen molar-refractivity contribution in [1.82, 2.24) is 4.90 Å². The number of ketones is 1. The Hall–Kier alpha value is -0.550. The molecule has 5 heteroatoms. The highest BCUT2D eigenvalue weighted by molar-refractivity contribution is 5.82. The summed E-state index contributed by atoms with van der Waals surface area (Å²) in [5, 5.41) is 8.60. The molecule has 0 atom stereocenters. The summed E-state index contributed by atoms with van der Waals surface area (Å²) >= 11 is 0. The number of rotatable bonds is 7. The number of nitrogens with zero attached hydrogens (tertiary/aromatic N) is 1. The first-order chi connectivity index (χ1) is 6.47.